The van der Waals surface area contributed by atoms with Crippen molar-refractivity contribution in [2.75, 3.05) is 31.9 Å². The number of rotatable bonds is 14. The third-order valence-electron chi connectivity index (χ3n) is 5.00. The second-order valence-electron chi connectivity index (χ2n) is 6.52. The van der Waals surface area contributed by atoms with Gasteiger partial charge >= 0.3 is 0 Å². The van der Waals surface area contributed by atoms with Crippen molar-refractivity contribution in [3.63, 3.8) is 0 Å². The van der Waals surface area contributed by atoms with E-state index in [1.807, 2.05) is 0 Å². The van der Waals surface area contributed by atoms with Gasteiger partial charge in [0.1, 0.15) is 0 Å². The molecule has 0 rings (SSSR count). The zero-order chi connectivity index (χ0) is 19.8. The SMILES string of the molecule is CC[N+](CC)(CC)CC.O=S(=O)([O-])CCCCCCCCCC(F)F. The van der Waals surface area contributed by atoms with Gasteiger partial charge in [-0.15, -0.1) is 0 Å². The molecule has 0 aromatic heterocycles. The van der Waals surface area contributed by atoms with Gasteiger partial charge in [-0.25, -0.2) is 17.2 Å². The molecule has 0 aliphatic carbocycles. The normalized spacial score (nSPS) is 12.2. The highest BCUT2D eigenvalue weighted by Gasteiger charge is 2.16. The van der Waals surface area contributed by atoms with Gasteiger partial charge in [0.05, 0.1) is 36.3 Å². The van der Waals surface area contributed by atoms with Crippen LogP contribution in [0, 0.1) is 0 Å². The first-order valence-electron chi connectivity index (χ1n) is 9.73. The van der Waals surface area contributed by atoms with Crippen molar-refractivity contribution in [2.24, 2.45) is 0 Å². The topological polar surface area (TPSA) is 57.2 Å². The Morgan fingerprint density at radius 3 is 1.40 bits per heavy atom. The van der Waals surface area contributed by atoms with E-state index in [9.17, 15) is 21.8 Å². The number of alkyl halides is 2. The van der Waals surface area contributed by atoms with E-state index in [4.69, 9.17) is 0 Å². The number of hydrogen-bond acceptors (Lipinski definition) is 3. The Morgan fingerprint density at radius 1 is 0.760 bits per heavy atom. The fourth-order valence-electron chi connectivity index (χ4n) is 2.80. The number of quaternary nitrogens is 1. The quantitative estimate of drug-likeness (QED) is 0.244. The molecule has 0 aliphatic heterocycles. The van der Waals surface area contributed by atoms with E-state index >= 15 is 0 Å². The molecule has 0 heterocycles. The van der Waals surface area contributed by atoms with Crippen molar-refractivity contribution in [2.45, 2.75) is 85.5 Å². The summed E-state index contributed by atoms with van der Waals surface area (Å²) in [4.78, 5) is 0. The van der Waals surface area contributed by atoms with Crippen LogP contribution >= 0.6 is 0 Å². The van der Waals surface area contributed by atoms with Crippen LogP contribution in [0.3, 0.4) is 0 Å². The molecule has 154 valence electrons. The maximum absolute atomic E-state index is 11.7. The zero-order valence-corrected chi connectivity index (χ0v) is 17.4. The fourth-order valence-corrected chi connectivity index (χ4v) is 3.36. The van der Waals surface area contributed by atoms with Crippen LogP contribution in [0.25, 0.3) is 0 Å². The molecule has 0 bridgehead atoms. The smallest absolute Gasteiger partial charge is 0.238 e. The maximum atomic E-state index is 11.7. The minimum Gasteiger partial charge on any atom is -0.748 e. The van der Waals surface area contributed by atoms with E-state index in [1.165, 1.54) is 30.7 Å². The van der Waals surface area contributed by atoms with E-state index < -0.39 is 16.5 Å². The molecule has 0 aromatic rings. The molecule has 4 nitrogen and oxygen atoms in total. The molecule has 0 saturated heterocycles. The van der Waals surface area contributed by atoms with Gasteiger partial charge < -0.3 is 9.04 Å². The molecule has 0 saturated carbocycles. The summed E-state index contributed by atoms with van der Waals surface area (Å²) in [5, 5.41) is 0. The first kappa shape index (κ1) is 27.0. The van der Waals surface area contributed by atoms with Gasteiger partial charge in [-0.3, -0.25) is 0 Å². The van der Waals surface area contributed by atoms with Crippen molar-refractivity contribution in [1.82, 2.24) is 0 Å². The molecule has 0 unspecified atom stereocenters. The average molecular weight is 388 g/mol. The second-order valence-corrected chi connectivity index (χ2v) is 8.05. The molecule has 0 N–H and O–H groups in total. The standard InChI is InChI=1S/C10H20F2O3S.C8H20N/c11-10(12)8-6-4-2-1-3-5-7-9-16(13,14)15;1-5-9(6-2,7-3)8-4/h10H,1-9H2,(H,13,14,15);5-8H2,1-4H3/q;+1/p-1. The summed E-state index contributed by atoms with van der Waals surface area (Å²) in [6.45, 7) is 14.2. The van der Waals surface area contributed by atoms with E-state index in [2.05, 4.69) is 27.7 Å². The third-order valence-corrected chi connectivity index (χ3v) is 5.79. The lowest BCUT2D eigenvalue weighted by atomic mass is 10.1. The Hall–Kier alpha value is -0.270. The van der Waals surface area contributed by atoms with Crippen LogP contribution in [0.4, 0.5) is 8.78 Å². The number of nitrogens with zero attached hydrogens (tertiary/aromatic N) is 1. The highest BCUT2D eigenvalue weighted by Crippen LogP contribution is 2.11. The molecule has 0 fully saturated rings. The summed E-state index contributed by atoms with van der Waals surface area (Å²) in [5.41, 5.74) is 0. The molecular formula is C18H39F2NO3S. The minimum absolute atomic E-state index is 0.0333. The molecule has 7 heteroatoms. The Kier molecular flexibility index (Phi) is 17.2. The highest BCUT2D eigenvalue weighted by molar-refractivity contribution is 7.85. The van der Waals surface area contributed by atoms with Gasteiger partial charge in [0, 0.05) is 12.2 Å². The van der Waals surface area contributed by atoms with Gasteiger partial charge in [0.25, 0.3) is 0 Å². The number of halogens is 2. The maximum Gasteiger partial charge on any atom is 0.238 e. The highest BCUT2D eigenvalue weighted by atomic mass is 32.2. The van der Waals surface area contributed by atoms with Crippen LogP contribution in [-0.2, 0) is 10.1 Å². The lowest BCUT2D eigenvalue weighted by Gasteiger charge is -2.34. The van der Waals surface area contributed by atoms with Crippen molar-refractivity contribution in [3.05, 3.63) is 0 Å². The summed E-state index contributed by atoms with van der Waals surface area (Å²) in [6, 6.07) is 0. The molecular weight excluding hydrogens is 348 g/mol. The fraction of sp³-hybridized carbons (Fsp3) is 1.00. The monoisotopic (exact) mass is 387 g/mol. The van der Waals surface area contributed by atoms with Gasteiger partial charge in [-0.1, -0.05) is 32.1 Å². The molecule has 0 aliphatic rings. The summed E-state index contributed by atoms with van der Waals surface area (Å²) in [5.74, 6) is -0.293. The lowest BCUT2D eigenvalue weighted by molar-refractivity contribution is -0.921. The average Bonchev–Trinajstić information content (AvgIpc) is 2.55. The predicted octanol–water partition coefficient (Wildman–Crippen LogP) is 4.80. The summed E-state index contributed by atoms with van der Waals surface area (Å²) in [7, 11) is -4.07. The molecule has 0 amide bonds. The van der Waals surface area contributed by atoms with Crippen LogP contribution in [0.5, 0.6) is 0 Å². The third kappa shape index (κ3) is 18.3. The van der Waals surface area contributed by atoms with Gasteiger partial charge in [0.2, 0.25) is 6.43 Å². The van der Waals surface area contributed by atoms with Gasteiger partial charge in [0.15, 0.2) is 0 Å². The number of hydrogen-bond donors (Lipinski definition) is 0. The van der Waals surface area contributed by atoms with Crippen LogP contribution < -0.4 is 0 Å². The van der Waals surface area contributed by atoms with Crippen LogP contribution in [0.1, 0.15) is 79.1 Å². The van der Waals surface area contributed by atoms with E-state index in [1.54, 1.807) is 0 Å². The van der Waals surface area contributed by atoms with Crippen molar-refractivity contribution < 1.29 is 26.2 Å². The van der Waals surface area contributed by atoms with Crippen LogP contribution in [0.2, 0.25) is 0 Å². The lowest BCUT2D eigenvalue weighted by Crippen LogP contribution is -2.47. The summed E-state index contributed by atoms with van der Waals surface area (Å²) in [6.07, 6.45) is 2.91. The largest absolute Gasteiger partial charge is 0.748 e. The number of unbranched alkanes of at least 4 members (excludes halogenated alkanes) is 6. The molecule has 0 aromatic carbocycles. The van der Waals surface area contributed by atoms with Crippen molar-refractivity contribution in [1.29, 1.82) is 0 Å². The van der Waals surface area contributed by atoms with Crippen LogP contribution in [-0.4, -0.2) is 55.8 Å². The Morgan fingerprint density at radius 2 is 1.12 bits per heavy atom. The molecule has 0 spiro atoms. The van der Waals surface area contributed by atoms with Crippen molar-refractivity contribution >= 4 is 10.1 Å². The molecule has 25 heavy (non-hydrogen) atoms. The van der Waals surface area contributed by atoms with E-state index in [0.717, 1.165) is 32.1 Å². The van der Waals surface area contributed by atoms with Gasteiger partial charge in [-0.05, 0) is 40.5 Å². The van der Waals surface area contributed by atoms with Crippen molar-refractivity contribution in [3.8, 4) is 0 Å². The first-order valence-corrected chi connectivity index (χ1v) is 11.3. The molecule has 0 radical (unpaired) electrons. The molecule has 0 atom stereocenters. The first-order chi connectivity index (χ1) is 11.7. The predicted molar refractivity (Wildman–Crippen MR) is 99.9 cm³/mol. The minimum atomic E-state index is -4.07. The van der Waals surface area contributed by atoms with E-state index in [-0.39, 0.29) is 12.2 Å². The Bertz CT molecular complexity index is 368. The Balaban J connectivity index is 0. The van der Waals surface area contributed by atoms with Crippen LogP contribution in [0.15, 0.2) is 0 Å². The Labute approximate surface area is 154 Å². The van der Waals surface area contributed by atoms with Gasteiger partial charge in [-0.2, -0.15) is 0 Å². The summed E-state index contributed by atoms with van der Waals surface area (Å²) >= 11 is 0. The zero-order valence-electron chi connectivity index (χ0n) is 16.6. The van der Waals surface area contributed by atoms with E-state index in [0.29, 0.717) is 12.8 Å². The summed E-state index contributed by atoms with van der Waals surface area (Å²) < 4.78 is 55.5. The second kappa shape index (κ2) is 15.9.